The second-order valence-electron chi connectivity index (χ2n) is 9.29. The predicted octanol–water partition coefficient (Wildman–Crippen LogP) is 2.98. The van der Waals surface area contributed by atoms with E-state index < -0.39 is 0 Å². The van der Waals surface area contributed by atoms with Gasteiger partial charge in [0.2, 0.25) is 11.9 Å². The Morgan fingerprint density at radius 3 is 2.46 bits per heavy atom. The summed E-state index contributed by atoms with van der Waals surface area (Å²) in [5, 5.41) is 7.04. The highest BCUT2D eigenvalue weighted by molar-refractivity contribution is 6.31. The van der Waals surface area contributed by atoms with Gasteiger partial charge >= 0.3 is 6.03 Å². The Balaban J connectivity index is 1.18. The molecule has 2 aliphatic heterocycles. The van der Waals surface area contributed by atoms with Crippen molar-refractivity contribution in [3.63, 3.8) is 0 Å². The molecule has 5 rings (SSSR count). The number of hydrogen-bond donors (Lipinski definition) is 2. The first-order valence-electron chi connectivity index (χ1n) is 12.1. The minimum atomic E-state index is -0.0773. The van der Waals surface area contributed by atoms with E-state index in [1.165, 1.54) is 6.08 Å². The van der Waals surface area contributed by atoms with Crippen LogP contribution in [-0.2, 0) is 11.3 Å². The van der Waals surface area contributed by atoms with E-state index in [2.05, 4.69) is 38.1 Å². The van der Waals surface area contributed by atoms with E-state index in [9.17, 15) is 9.59 Å². The Hall–Kier alpha value is -3.17. The van der Waals surface area contributed by atoms with E-state index >= 15 is 0 Å². The number of piperazine rings is 1. The van der Waals surface area contributed by atoms with Gasteiger partial charge in [0.1, 0.15) is 0 Å². The number of carbonyl (C=O) groups is 2. The molecule has 1 aliphatic carbocycles. The van der Waals surface area contributed by atoms with Crippen molar-refractivity contribution >= 4 is 35.2 Å². The van der Waals surface area contributed by atoms with E-state index in [0.717, 1.165) is 60.9 Å². The van der Waals surface area contributed by atoms with Crippen LogP contribution in [0.1, 0.15) is 29.9 Å². The van der Waals surface area contributed by atoms with Crippen LogP contribution in [0.5, 0.6) is 0 Å². The first-order chi connectivity index (χ1) is 17.0. The molecule has 3 aliphatic rings. The predicted molar refractivity (Wildman–Crippen MR) is 135 cm³/mol. The van der Waals surface area contributed by atoms with Crippen LogP contribution in [0.15, 0.2) is 43.2 Å². The van der Waals surface area contributed by atoms with Crippen LogP contribution in [0.2, 0.25) is 5.02 Å². The smallest absolute Gasteiger partial charge is 0.317 e. The average Bonchev–Trinajstić information content (AvgIpc) is 3.69. The van der Waals surface area contributed by atoms with E-state index in [1.54, 1.807) is 23.4 Å². The van der Waals surface area contributed by atoms with Gasteiger partial charge in [0.25, 0.3) is 0 Å². The maximum Gasteiger partial charge on any atom is 0.317 e. The zero-order valence-electron chi connectivity index (χ0n) is 19.6. The largest absolute Gasteiger partial charge is 0.336 e. The first-order valence-corrected chi connectivity index (χ1v) is 12.4. The summed E-state index contributed by atoms with van der Waals surface area (Å²) in [7, 11) is 0. The van der Waals surface area contributed by atoms with Crippen molar-refractivity contribution in [2.75, 3.05) is 44.6 Å². The summed E-state index contributed by atoms with van der Waals surface area (Å²) in [6, 6.07) is 6.05. The van der Waals surface area contributed by atoms with Gasteiger partial charge in [-0.1, -0.05) is 24.2 Å². The fraction of sp³-hybridized carbons (Fsp3) is 0.440. The molecule has 3 heterocycles. The van der Waals surface area contributed by atoms with Gasteiger partial charge < -0.3 is 20.4 Å². The molecule has 9 nitrogen and oxygen atoms in total. The van der Waals surface area contributed by atoms with Crippen molar-refractivity contribution in [1.82, 2.24) is 30.0 Å². The molecule has 0 atom stereocenters. The van der Waals surface area contributed by atoms with E-state index in [4.69, 9.17) is 11.6 Å². The Bertz CT molecular complexity index is 1090. The molecule has 1 aromatic heterocycles. The third-order valence-electron chi connectivity index (χ3n) is 6.95. The van der Waals surface area contributed by atoms with Gasteiger partial charge in [-0.25, -0.2) is 14.8 Å². The number of amides is 3. The van der Waals surface area contributed by atoms with Crippen molar-refractivity contribution in [1.29, 1.82) is 0 Å². The highest BCUT2D eigenvalue weighted by Crippen LogP contribution is 2.44. The fourth-order valence-corrected chi connectivity index (χ4v) is 4.98. The number of benzene rings is 1. The van der Waals surface area contributed by atoms with Gasteiger partial charge in [-0.2, -0.15) is 0 Å². The molecule has 1 aromatic carbocycles. The standard InChI is InChI=1S/C25H30ClN7O2/c1-2-23(34)33-15-19(16-33)31-8-10-32(11-9-31)25(35)29-14-18-12-20(17-4-5-17)21(26)13-22(18)30-24-27-6-3-7-28-24/h2-3,6-7,12-13,17,19H,1,4-5,8-11,14-16H2,(H,29,35)(H,27,28,30). The number of rotatable bonds is 7. The minimum Gasteiger partial charge on any atom is -0.336 e. The highest BCUT2D eigenvalue weighted by atomic mass is 35.5. The Kier molecular flexibility index (Phi) is 6.88. The lowest BCUT2D eigenvalue weighted by atomic mass is 10.0. The van der Waals surface area contributed by atoms with Crippen molar-refractivity contribution < 1.29 is 9.59 Å². The number of nitrogens with zero attached hydrogens (tertiary/aromatic N) is 5. The Labute approximate surface area is 210 Å². The topological polar surface area (TPSA) is 93.7 Å². The second kappa shape index (κ2) is 10.2. The summed E-state index contributed by atoms with van der Waals surface area (Å²) in [6.45, 7) is 8.33. The SMILES string of the molecule is C=CC(=O)N1CC(N2CCN(C(=O)NCc3cc(C4CC4)c(Cl)cc3Nc3ncccn3)CC2)C1. The third-order valence-corrected chi connectivity index (χ3v) is 7.28. The number of aromatic nitrogens is 2. The lowest BCUT2D eigenvalue weighted by Crippen LogP contribution is -2.64. The van der Waals surface area contributed by atoms with Crippen LogP contribution < -0.4 is 10.6 Å². The molecular formula is C25H30ClN7O2. The molecule has 3 fully saturated rings. The van der Waals surface area contributed by atoms with Gasteiger partial charge in [-0.3, -0.25) is 9.69 Å². The lowest BCUT2D eigenvalue weighted by Gasteiger charge is -2.47. The van der Waals surface area contributed by atoms with Crippen LogP contribution in [-0.4, -0.2) is 81.9 Å². The molecule has 0 spiro atoms. The lowest BCUT2D eigenvalue weighted by molar-refractivity contribution is -0.133. The third kappa shape index (κ3) is 5.41. The Morgan fingerprint density at radius 2 is 1.80 bits per heavy atom. The van der Waals surface area contributed by atoms with Crippen molar-refractivity contribution in [2.45, 2.75) is 31.3 Å². The second-order valence-corrected chi connectivity index (χ2v) is 9.69. The van der Waals surface area contributed by atoms with Gasteiger partial charge in [0.05, 0.1) is 0 Å². The number of halogens is 1. The fourth-order valence-electron chi connectivity index (χ4n) is 4.66. The number of carbonyl (C=O) groups excluding carboxylic acids is 2. The number of anilines is 2. The summed E-state index contributed by atoms with van der Waals surface area (Å²) >= 11 is 6.57. The van der Waals surface area contributed by atoms with Gasteiger partial charge in [-0.15, -0.1) is 0 Å². The molecule has 10 heteroatoms. The average molecular weight is 496 g/mol. The summed E-state index contributed by atoms with van der Waals surface area (Å²) in [6.07, 6.45) is 7.00. The number of hydrogen-bond acceptors (Lipinski definition) is 6. The molecule has 1 saturated carbocycles. The molecule has 0 radical (unpaired) electrons. The van der Waals surface area contributed by atoms with Gasteiger partial charge in [0, 0.05) is 75.0 Å². The molecule has 184 valence electrons. The van der Waals surface area contributed by atoms with Crippen LogP contribution in [0, 0.1) is 0 Å². The maximum atomic E-state index is 12.9. The van der Waals surface area contributed by atoms with Crippen LogP contribution in [0.4, 0.5) is 16.4 Å². The number of urea groups is 1. The molecule has 35 heavy (non-hydrogen) atoms. The molecule has 2 saturated heterocycles. The van der Waals surface area contributed by atoms with Crippen LogP contribution in [0.3, 0.4) is 0 Å². The molecule has 2 aromatic rings. The molecule has 2 N–H and O–H groups in total. The molecular weight excluding hydrogens is 466 g/mol. The highest BCUT2D eigenvalue weighted by Gasteiger charge is 2.35. The van der Waals surface area contributed by atoms with E-state index in [1.807, 2.05) is 11.0 Å². The summed E-state index contributed by atoms with van der Waals surface area (Å²) < 4.78 is 0. The normalized spacial score (nSPS) is 18.7. The molecule has 0 unspecified atom stereocenters. The van der Waals surface area contributed by atoms with Crippen molar-refractivity contribution in [3.05, 3.63) is 59.4 Å². The molecule has 3 amide bonds. The number of nitrogens with one attached hydrogen (secondary N) is 2. The minimum absolute atomic E-state index is 0.0148. The zero-order chi connectivity index (χ0) is 24.4. The van der Waals surface area contributed by atoms with Gasteiger partial charge in [0.15, 0.2) is 0 Å². The summed E-state index contributed by atoms with van der Waals surface area (Å²) in [5.41, 5.74) is 2.88. The monoisotopic (exact) mass is 495 g/mol. The van der Waals surface area contributed by atoms with E-state index in [0.29, 0.717) is 37.5 Å². The van der Waals surface area contributed by atoms with Gasteiger partial charge in [-0.05, 0) is 48.1 Å². The van der Waals surface area contributed by atoms with Crippen LogP contribution in [0.25, 0.3) is 0 Å². The summed E-state index contributed by atoms with van der Waals surface area (Å²) in [4.78, 5) is 39.1. The molecule has 0 bridgehead atoms. The first kappa shape index (κ1) is 23.6. The van der Waals surface area contributed by atoms with Crippen molar-refractivity contribution in [3.8, 4) is 0 Å². The zero-order valence-corrected chi connectivity index (χ0v) is 20.4. The Morgan fingerprint density at radius 1 is 1.09 bits per heavy atom. The summed E-state index contributed by atoms with van der Waals surface area (Å²) in [5.74, 6) is 0.964. The maximum absolute atomic E-state index is 12.9. The number of likely N-dealkylation sites (tertiary alicyclic amines) is 1. The van der Waals surface area contributed by atoms with E-state index in [-0.39, 0.29) is 11.9 Å². The van der Waals surface area contributed by atoms with Crippen LogP contribution >= 0.6 is 11.6 Å². The van der Waals surface area contributed by atoms with Crippen molar-refractivity contribution in [2.24, 2.45) is 0 Å². The quantitative estimate of drug-likeness (QED) is 0.574.